The second-order valence-electron chi connectivity index (χ2n) is 8.66. The van der Waals surface area contributed by atoms with Gasteiger partial charge in [0.1, 0.15) is 10.6 Å². The highest BCUT2D eigenvalue weighted by atomic mass is 35.5. The monoisotopic (exact) mass is 492 g/mol. The predicted octanol–water partition coefficient (Wildman–Crippen LogP) is 2.63. The molecule has 0 spiro atoms. The lowest BCUT2D eigenvalue weighted by Gasteiger charge is -2.30. The number of nitrogens with zero attached hydrogens (tertiary/aromatic N) is 3. The number of benzene rings is 1. The third kappa shape index (κ3) is 5.10. The summed E-state index contributed by atoms with van der Waals surface area (Å²) in [4.78, 5) is 27.2. The average molecular weight is 493 g/mol. The highest BCUT2D eigenvalue weighted by Crippen LogP contribution is 2.26. The molecule has 0 atom stereocenters. The van der Waals surface area contributed by atoms with Crippen LogP contribution in [0.2, 0.25) is 5.02 Å². The molecular formula is C23H29ClN4O4S. The Morgan fingerprint density at radius 2 is 1.76 bits per heavy atom. The zero-order valence-corrected chi connectivity index (χ0v) is 20.2. The van der Waals surface area contributed by atoms with Gasteiger partial charge in [0.15, 0.2) is 0 Å². The number of carbonyl (C=O) groups excluding carboxylic acids is 2. The lowest BCUT2D eigenvalue weighted by atomic mass is 9.97. The minimum atomic E-state index is -3.74. The van der Waals surface area contributed by atoms with E-state index in [4.69, 9.17) is 11.6 Å². The number of likely N-dealkylation sites (tertiary alicyclic amines) is 1. The van der Waals surface area contributed by atoms with E-state index in [-0.39, 0.29) is 35.7 Å². The van der Waals surface area contributed by atoms with Gasteiger partial charge in [-0.25, -0.2) is 8.42 Å². The molecule has 0 unspecified atom stereocenters. The fourth-order valence-electron chi connectivity index (χ4n) is 4.45. The largest absolute Gasteiger partial charge is 0.352 e. The van der Waals surface area contributed by atoms with Gasteiger partial charge in [-0.3, -0.25) is 9.59 Å². The summed E-state index contributed by atoms with van der Waals surface area (Å²) < 4.78 is 29.4. The molecule has 2 aliphatic rings. The van der Waals surface area contributed by atoms with Gasteiger partial charge in [0.2, 0.25) is 15.9 Å². The van der Waals surface area contributed by atoms with Crippen LogP contribution >= 0.6 is 11.6 Å². The molecule has 4 rings (SSSR count). The SMILES string of the molecule is Cn1cc(S(=O)(=O)N2CCC(C(=O)NCc3ccccc3Cl)CC2)cc1C(=O)N1CCCC1. The summed E-state index contributed by atoms with van der Waals surface area (Å²) in [6, 6.07) is 8.81. The summed E-state index contributed by atoms with van der Waals surface area (Å²) >= 11 is 6.14. The number of aryl methyl sites for hydroxylation is 1. The number of sulfonamides is 1. The maximum absolute atomic E-state index is 13.2. The van der Waals surface area contributed by atoms with Crippen molar-refractivity contribution in [3.63, 3.8) is 0 Å². The molecule has 2 fully saturated rings. The van der Waals surface area contributed by atoms with Crippen molar-refractivity contribution in [1.29, 1.82) is 0 Å². The van der Waals surface area contributed by atoms with E-state index in [9.17, 15) is 18.0 Å². The van der Waals surface area contributed by atoms with Crippen molar-refractivity contribution in [2.24, 2.45) is 13.0 Å². The first-order valence-electron chi connectivity index (χ1n) is 11.2. The second-order valence-corrected chi connectivity index (χ2v) is 11.0. The highest BCUT2D eigenvalue weighted by Gasteiger charge is 2.34. The molecule has 0 aliphatic carbocycles. The molecule has 2 aliphatic heterocycles. The number of carbonyl (C=O) groups is 2. The normalized spacial score (nSPS) is 17.9. The Kier molecular flexibility index (Phi) is 7.11. The van der Waals surface area contributed by atoms with Crippen LogP contribution < -0.4 is 5.32 Å². The zero-order chi connectivity index (χ0) is 23.6. The molecule has 1 aromatic heterocycles. The van der Waals surface area contributed by atoms with Crippen molar-refractivity contribution in [2.75, 3.05) is 26.2 Å². The van der Waals surface area contributed by atoms with E-state index in [1.807, 2.05) is 18.2 Å². The van der Waals surface area contributed by atoms with Crippen LogP contribution in [0.4, 0.5) is 0 Å². The molecule has 178 valence electrons. The van der Waals surface area contributed by atoms with Crippen LogP contribution in [0.5, 0.6) is 0 Å². The molecule has 8 nitrogen and oxygen atoms in total. The zero-order valence-electron chi connectivity index (χ0n) is 18.7. The molecule has 2 saturated heterocycles. The van der Waals surface area contributed by atoms with Gasteiger partial charge in [-0.1, -0.05) is 29.8 Å². The van der Waals surface area contributed by atoms with Crippen molar-refractivity contribution in [2.45, 2.75) is 37.1 Å². The Morgan fingerprint density at radius 3 is 2.42 bits per heavy atom. The van der Waals surface area contributed by atoms with E-state index in [0.29, 0.717) is 43.2 Å². The fourth-order valence-corrected chi connectivity index (χ4v) is 6.19. The first-order valence-corrected chi connectivity index (χ1v) is 13.1. The van der Waals surface area contributed by atoms with E-state index in [1.165, 1.54) is 16.6 Å². The smallest absolute Gasteiger partial charge is 0.270 e. The van der Waals surface area contributed by atoms with Crippen molar-refractivity contribution in [3.8, 4) is 0 Å². The Bertz CT molecular complexity index is 1130. The number of halogens is 1. The number of piperidine rings is 1. The van der Waals surface area contributed by atoms with Crippen molar-refractivity contribution in [3.05, 3.63) is 52.8 Å². The third-order valence-corrected chi connectivity index (χ3v) is 8.70. The Morgan fingerprint density at radius 1 is 1.09 bits per heavy atom. The molecule has 0 radical (unpaired) electrons. The summed E-state index contributed by atoms with van der Waals surface area (Å²) in [5, 5.41) is 3.51. The van der Waals surface area contributed by atoms with E-state index in [0.717, 1.165) is 18.4 Å². The summed E-state index contributed by atoms with van der Waals surface area (Å²) in [5.74, 6) is -0.474. The Hall–Kier alpha value is -2.36. The van der Waals surface area contributed by atoms with Crippen LogP contribution in [0.25, 0.3) is 0 Å². The van der Waals surface area contributed by atoms with Gasteiger partial charge in [0.05, 0.1) is 0 Å². The molecule has 0 bridgehead atoms. The van der Waals surface area contributed by atoms with Crippen LogP contribution in [-0.4, -0.2) is 60.2 Å². The van der Waals surface area contributed by atoms with Crippen LogP contribution in [-0.2, 0) is 28.4 Å². The quantitative estimate of drug-likeness (QED) is 0.671. The molecule has 3 heterocycles. The minimum Gasteiger partial charge on any atom is -0.352 e. The number of aromatic nitrogens is 1. The first-order chi connectivity index (χ1) is 15.8. The summed E-state index contributed by atoms with van der Waals surface area (Å²) in [5.41, 5.74) is 1.22. The first kappa shape index (κ1) is 23.8. The lowest BCUT2D eigenvalue weighted by Crippen LogP contribution is -2.42. The third-order valence-electron chi connectivity index (χ3n) is 6.47. The Balaban J connectivity index is 1.36. The molecule has 10 heteroatoms. The number of amides is 2. The van der Waals surface area contributed by atoms with E-state index < -0.39 is 10.0 Å². The molecule has 2 amide bonds. The topological polar surface area (TPSA) is 91.7 Å². The van der Waals surface area contributed by atoms with Crippen LogP contribution in [0.15, 0.2) is 41.4 Å². The standard InChI is InChI=1S/C23H29ClN4O4S/c1-26-16-19(14-21(26)23(30)27-10-4-5-11-27)33(31,32)28-12-8-17(9-13-28)22(29)25-15-18-6-2-3-7-20(18)24/h2-3,6-7,14,16-17H,4-5,8-13,15H2,1H3,(H,25,29). The average Bonchev–Trinajstić information content (AvgIpc) is 3.48. The molecule has 1 N–H and O–H groups in total. The van der Waals surface area contributed by atoms with Gasteiger partial charge in [0, 0.05) is 56.9 Å². The lowest BCUT2D eigenvalue weighted by molar-refractivity contribution is -0.126. The fraction of sp³-hybridized carbons (Fsp3) is 0.478. The molecule has 0 saturated carbocycles. The summed E-state index contributed by atoms with van der Waals surface area (Å²) in [6.07, 6.45) is 4.34. The van der Waals surface area contributed by atoms with Gasteiger partial charge < -0.3 is 14.8 Å². The number of rotatable bonds is 6. The van der Waals surface area contributed by atoms with Crippen LogP contribution in [0.3, 0.4) is 0 Å². The molecule has 33 heavy (non-hydrogen) atoms. The van der Waals surface area contributed by atoms with Gasteiger partial charge >= 0.3 is 0 Å². The summed E-state index contributed by atoms with van der Waals surface area (Å²) in [7, 11) is -2.05. The van der Waals surface area contributed by atoms with Crippen molar-refractivity contribution in [1.82, 2.24) is 19.1 Å². The van der Waals surface area contributed by atoms with Gasteiger partial charge in [-0.05, 0) is 43.4 Å². The maximum atomic E-state index is 13.2. The van der Waals surface area contributed by atoms with Gasteiger partial charge in [-0.15, -0.1) is 0 Å². The van der Waals surface area contributed by atoms with E-state index in [1.54, 1.807) is 22.6 Å². The maximum Gasteiger partial charge on any atom is 0.270 e. The second kappa shape index (κ2) is 9.87. The number of hydrogen-bond donors (Lipinski definition) is 1. The van der Waals surface area contributed by atoms with Gasteiger partial charge in [-0.2, -0.15) is 4.31 Å². The van der Waals surface area contributed by atoms with Crippen LogP contribution in [0.1, 0.15) is 41.7 Å². The van der Waals surface area contributed by atoms with Gasteiger partial charge in [0.25, 0.3) is 5.91 Å². The van der Waals surface area contributed by atoms with E-state index >= 15 is 0 Å². The number of nitrogens with one attached hydrogen (secondary N) is 1. The molecule has 2 aromatic rings. The predicted molar refractivity (Wildman–Crippen MR) is 125 cm³/mol. The van der Waals surface area contributed by atoms with Crippen molar-refractivity contribution >= 4 is 33.4 Å². The van der Waals surface area contributed by atoms with Crippen LogP contribution in [0, 0.1) is 5.92 Å². The van der Waals surface area contributed by atoms with E-state index in [2.05, 4.69) is 5.32 Å². The highest BCUT2D eigenvalue weighted by molar-refractivity contribution is 7.89. The Labute approximate surface area is 199 Å². The minimum absolute atomic E-state index is 0.0924. The molecular weight excluding hydrogens is 464 g/mol. The molecule has 1 aromatic carbocycles. The van der Waals surface area contributed by atoms with Crippen molar-refractivity contribution < 1.29 is 18.0 Å². The summed E-state index contributed by atoms with van der Waals surface area (Å²) in [6.45, 7) is 2.28. The number of hydrogen-bond acceptors (Lipinski definition) is 4.